The minimum Gasteiger partial charge on any atom is -0.370 e. The van der Waals surface area contributed by atoms with Crippen LogP contribution in [-0.2, 0) is 0 Å². The van der Waals surface area contributed by atoms with Crippen molar-refractivity contribution in [3.05, 3.63) is 28.8 Å². The summed E-state index contributed by atoms with van der Waals surface area (Å²) in [6.07, 6.45) is 5.90. The summed E-state index contributed by atoms with van der Waals surface area (Å²) in [6.45, 7) is 2.14. The van der Waals surface area contributed by atoms with Crippen LogP contribution in [0.15, 0.2) is 18.2 Å². The number of hydrogen-bond donors (Lipinski definition) is 0. The van der Waals surface area contributed by atoms with E-state index >= 15 is 0 Å². The van der Waals surface area contributed by atoms with Crippen LogP contribution >= 0.6 is 11.6 Å². The normalized spacial score (nSPS) is 16.9. The standard InChI is InChI=1S/C13H16ClNO/c14-12-9-11(10-16)5-6-13(12)15-7-3-1-2-4-8-15/h5-6,9-10H,1-4,7-8H2. The fourth-order valence-corrected chi connectivity index (χ4v) is 2.47. The van der Waals surface area contributed by atoms with E-state index in [0.29, 0.717) is 10.6 Å². The minimum atomic E-state index is 0.642. The van der Waals surface area contributed by atoms with Crippen LogP contribution in [0.5, 0.6) is 0 Å². The third kappa shape index (κ3) is 2.56. The van der Waals surface area contributed by atoms with Gasteiger partial charge in [-0.2, -0.15) is 0 Å². The molecule has 86 valence electrons. The first-order valence-corrected chi connectivity index (χ1v) is 6.19. The summed E-state index contributed by atoms with van der Waals surface area (Å²) >= 11 is 6.19. The molecule has 1 fully saturated rings. The highest BCUT2D eigenvalue weighted by Gasteiger charge is 2.12. The maximum absolute atomic E-state index is 10.6. The van der Waals surface area contributed by atoms with E-state index in [-0.39, 0.29) is 0 Å². The maximum Gasteiger partial charge on any atom is 0.150 e. The SMILES string of the molecule is O=Cc1ccc(N2CCCCCC2)c(Cl)c1. The van der Waals surface area contributed by atoms with E-state index in [4.69, 9.17) is 11.6 Å². The number of nitrogens with zero attached hydrogens (tertiary/aromatic N) is 1. The molecule has 0 aromatic heterocycles. The Balaban J connectivity index is 2.21. The number of rotatable bonds is 2. The second-order valence-corrected chi connectivity index (χ2v) is 4.64. The zero-order chi connectivity index (χ0) is 11.4. The van der Waals surface area contributed by atoms with Crippen molar-refractivity contribution in [1.29, 1.82) is 0 Å². The summed E-state index contributed by atoms with van der Waals surface area (Å²) in [4.78, 5) is 13.0. The summed E-state index contributed by atoms with van der Waals surface area (Å²) in [5.74, 6) is 0. The van der Waals surface area contributed by atoms with E-state index in [1.165, 1.54) is 25.7 Å². The van der Waals surface area contributed by atoms with Gasteiger partial charge in [0, 0.05) is 18.7 Å². The lowest BCUT2D eigenvalue weighted by molar-refractivity contribution is 0.112. The molecule has 0 unspecified atom stereocenters. The van der Waals surface area contributed by atoms with Crippen molar-refractivity contribution in [2.75, 3.05) is 18.0 Å². The molecule has 1 aliphatic rings. The fourth-order valence-electron chi connectivity index (χ4n) is 2.16. The molecule has 1 heterocycles. The first kappa shape index (κ1) is 11.5. The van der Waals surface area contributed by atoms with Gasteiger partial charge in [-0.3, -0.25) is 4.79 Å². The third-order valence-electron chi connectivity index (χ3n) is 3.05. The van der Waals surface area contributed by atoms with Gasteiger partial charge in [0.2, 0.25) is 0 Å². The van der Waals surface area contributed by atoms with Crippen molar-refractivity contribution >= 4 is 23.6 Å². The Hall–Kier alpha value is -1.02. The van der Waals surface area contributed by atoms with Crippen LogP contribution in [0.3, 0.4) is 0 Å². The van der Waals surface area contributed by atoms with E-state index in [0.717, 1.165) is 25.1 Å². The molecule has 1 saturated heterocycles. The number of benzene rings is 1. The minimum absolute atomic E-state index is 0.642. The highest BCUT2D eigenvalue weighted by atomic mass is 35.5. The average Bonchev–Trinajstić information content (AvgIpc) is 2.57. The summed E-state index contributed by atoms with van der Waals surface area (Å²) in [7, 11) is 0. The Bertz CT molecular complexity index is 370. The van der Waals surface area contributed by atoms with Crippen LogP contribution in [0.4, 0.5) is 5.69 Å². The highest BCUT2D eigenvalue weighted by Crippen LogP contribution is 2.28. The lowest BCUT2D eigenvalue weighted by Gasteiger charge is -2.23. The van der Waals surface area contributed by atoms with Gasteiger partial charge in [-0.05, 0) is 31.0 Å². The Morgan fingerprint density at radius 3 is 2.38 bits per heavy atom. The lowest BCUT2D eigenvalue weighted by atomic mass is 10.2. The van der Waals surface area contributed by atoms with Gasteiger partial charge in [0.25, 0.3) is 0 Å². The molecule has 0 radical (unpaired) electrons. The van der Waals surface area contributed by atoms with E-state index in [1.807, 2.05) is 12.1 Å². The molecule has 0 aliphatic carbocycles. The quantitative estimate of drug-likeness (QED) is 0.734. The molecule has 3 heteroatoms. The molecule has 0 spiro atoms. The van der Waals surface area contributed by atoms with Crippen LogP contribution in [-0.4, -0.2) is 19.4 Å². The van der Waals surface area contributed by atoms with Crippen molar-refractivity contribution in [1.82, 2.24) is 0 Å². The molecule has 1 aromatic carbocycles. The van der Waals surface area contributed by atoms with Gasteiger partial charge in [0.05, 0.1) is 10.7 Å². The van der Waals surface area contributed by atoms with Gasteiger partial charge in [-0.15, -0.1) is 0 Å². The number of hydrogen-bond acceptors (Lipinski definition) is 2. The van der Waals surface area contributed by atoms with E-state index in [1.54, 1.807) is 6.07 Å². The number of aldehydes is 1. The summed E-state index contributed by atoms with van der Waals surface area (Å²) in [5, 5.41) is 0.687. The molecule has 2 nitrogen and oxygen atoms in total. The molecular formula is C13H16ClNO. The van der Waals surface area contributed by atoms with Crippen LogP contribution < -0.4 is 4.90 Å². The molecule has 0 atom stereocenters. The Labute approximate surface area is 101 Å². The van der Waals surface area contributed by atoms with E-state index in [2.05, 4.69) is 4.90 Å². The van der Waals surface area contributed by atoms with Crippen LogP contribution in [0.2, 0.25) is 5.02 Å². The van der Waals surface area contributed by atoms with Crippen molar-refractivity contribution in [3.63, 3.8) is 0 Å². The largest absolute Gasteiger partial charge is 0.370 e. The Kier molecular flexibility index (Phi) is 3.83. The van der Waals surface area contributed by atoms with E-state index in [9.17, 15) is 4.79 Å². The third-order valence-corrected chi connectivity index (χ3v) is 3.36. The highest BCUT2D eigenvalue weighted by molar-refractivity contribution is 6.33. The van der Waals surface area contributed by atoms with Crippen LogP contribution in [0.25, 0.3) is 0 Å². The number of anilines is 1. The topological polar surface area (TPSA) is 20.3 Å². The van der Waals surface area contributed by atoms with Gasteiger partial charge < -0.3 is 4.90 Å². The lowest BCUT2D eigenvalue weighted by Crippen LogP contribution is -2.24. The molecule has 2 rings (SSSR count). The molecule has 0 saturated carbocycles. The van der Waals surface area contributed by atoms with Crippen molar-refractivity contribution < 1.29 is 4.79 Å². The second-order valence-electron chi connectivity index (χ2n) is 4.23. The smallest absolute Gasteiger partial charge is 0.150 e. The van der Waals surface area contributed by atoms with Crippen LogP contribution in [0, 0.1) is 0 Å². The van der Waals surface area contributed by atoms with Gasteiger partial charge in [-0.25, -0.2) is 0 Å². The predicted molar refractivity (Wildman–Crippen MR) is 67.5 cm³/mol. The molecular weight excluding hydrogens is 222 g/mol. The first-order chi connectivity index (χ1) is 7.81. The average molecular weight is 238 g/mol. The first-order valence-electron chi connectivity index (χ1n) is 5.81. The van der Waals surface area contributed by atoms with Crippen LogP contribution in [0.1, 0.15) is 36.0 Å². The Morgan fingerprint density at radius 1 is 1.12 bits per heavy atom. The molecule has 1 aromatic rings. The van der Waals surface area contributed by atoms with Crippen molar-refractivity contribution in [3.8, 4) is 0 Å². The predicted octanol–water partition coefficient (Wildman–Crippen LogP) is 3.53. The summed E-state index contributed by atoms with van der Waals surface area (Å²) in [5.41, 5.74) is 1.71. The monoisotopic (exact) mass is 237 g/mol. The van der Waals surface area contributed by atoms with Gasteiger partial charge in [-0.1, -0.05) is 24.4 Å². The fraction of sp³-hybridized carbons (Fsp3) is 0.462. The number of halogens is 1. The van der Waals surface area contributed by atoms with E-state index < -0.39 is 0 Å². The number of carbonyl (C=O) groups excluding carboxylic acids is 1. The second kappa shape index (κ2) is 5.35. The summed E-state index contributed by atoms with van der Waals surface area (Å²) < 4.78 is 0. The summed E-state index contributed by atoms with van der Waals surface area (Å²) in [6, 6.07) is 5.53. The Morgan fingerprint density at radius 2 is 1.81 bits per heavy atom. The van der Waals surface area contributed by atoms with Crippen molar-refractivity contribution in [2.24, 2.45) is 0 Å². The zero-order valence-electron chi connectivity index (χ0n) is 9.29. The van der Waals surface area contributed by atoms with Gasteiger partial charge in [0.1, 0.15) is 6.29 Å². The molecule has 0 amide bonds. The van der Waals surface area contributed by atoms with Gasteiger partial charge >= 0.3 is 0 Å². The molecule has 16 heavy (non-hydrogen) atoms. The van der Waals surface area contributed by atoms with Crippen molar-refractivity contribution in [2.45, 2.75) is 25.7 Å². The maximum atomic E-state index is 10.6. The molecule has 0 N–H and O–H groups in total. The molecule has 0 bridgehead atoms. The van der Waals surface area contributed by atoms with Gasteiger partial charge in [0.15, 0.2) is 0 Å². The zero-order valence-corrected chi connectivity index (χ0v) is 10.0. The molecule has 1 aliphatic heterocycles. The number of carbonyl (C=O) groups is 1.